The molecular weight excluding hydrogens is 260 g/mol. The normalized spacial score (nSPS) is 31.3. The third-order valence-corrected chi connectivity index (χ3v) is 4.56. The summed E-state index contributed by atoms with van der Waals surface area (Å²) in [5.74, 6) is 1.42. The number of rotatable bonds is 4. The zero-order valence-electron chi connectivity index (χ0n) is 12.1. The van der Waals surface area contributed by atoms with Gasteiger partial charge in [-0.15, -0.1) is 12.4 Å². The Balaban J connectivity index is 0.00000180. The molecule has 1 amide bonds. The molecule has 1 heterocycles. The first-order valence-corrected chi connectivity index (χ1v) is 7.80. The fourth-order valence-corrected chi connectivity index (χ4v) is 3.40. The third kappa shape index (κ3) is 5.31. The molecule has 0 aromatic rings. The van der Waals surface area contributed by atoms with E-state index < -0.39 is 0 Å². The minimum atomic E-state index is 0. The first-order valence-electron chi connectivity index (χ1n) is 7.80. The number of carbonyl (C=O) groups is 1. The van der Waals surface area contributed by atoms with Gasteiger partial charge in [0.2, 0.25) is 5.91 Å². The van der Waals surface area contributed by atoms with Gasteiger partial charge in [0.15, 0.2) is 0 Å². The standard InChI is InChI=1S/C15H28N2O.ClH/c1-2-4-12-6-8-14(9-7-12)17-15(18)13-5-3-10-16-11-13;/h12-14,16H,2-11H2,1H3,(H,17,18);1H. The first kappa shape index (κ1) is 16.8. The van der Waals surface area contributed by atoms with Crippen molar-refractivity contribution in [1.82, 2.24) is 10.6 Å². The lowest BCUT2D eigenvalue weighted by atomic mass is 9.83. The first-order chi connectivity index (χ1) is 8.79. The molecule has 4 heteroatoms. The molecule has 1 unspecified atom stereocenters. The second-order valence-corrected chi connectivity index (χ2v) is 6.06. The van der Waals surface area contributed by atoms with Gasteiger partial charge >= 0.3 is 0 Å². The molecule has 1 atom stereocenters. The molecule has 2 aliphatic rings. The van der Waals surface area contributed by atoms with Gasteiger partial charge in [-0.3, -0.25) is 4.79 Å². The molecule has 112 valence electrons. The fraction of sp³-hybridized carbons (Fsp3) is 0.933. The summed E-state index contributed by atoms with van der Waals surface area (Å²) in [7, 11) is 0. The Labute approximate surface area is 123 Å². The maximum absolute atomic E-state index is 12.1. The molecule has 19 heavy (non-hydrogen) atoms. The molecule has 2 N–H and O–H groups in total. The third-order valence-electron chi connectivity index (χ3n) is 4.56. The lowest BCUT2D eigenvalue weighted by Gasteiger charge is -2.31. The van der Waals surface area contributed by atoms with E-state index in [0.29, 0.717) is 11.9 Å². The van der Waals surface area contributed by atoms with Crippen LogP contribution in [0.1, 0.15) is 58.3 Å². The highest BCUT2D eigenvalue weighted by molar-refractivity contribution is 5.85. The number of nitrogens with one attached hydrogen (secondary N) is 2. The van der Waals surface area contributed by atoms with Crippen LogP contribution in [-0.4, -0.2) is 25.0 Å². The zero-order chi connectivity index (χ0) is 12.8. The van der Waals surface area contributed by atoms with Gasteiger partial charge in [-0.2, -0.15) is 0 Å². The Morgan fingerprint density at radius 1 is 1.21 bits per heavy atom. The van der Waals surface area contributed by atoms with E-state index in [1.54, 1.807) is 0 Å². The predicted molar refractivity (Wildman–Crippen MR) is 81.6 cm³/mol. The highest BCUT2D eigenvalue weighted by Gasteiger charge is 2.26. The minimum Gasteiger partial charge on any atom is -0.353 e. The molecule has 1 aliphatic heterocycles. The minimum absolute atomic E-state index is 0. The molecule has 0 aromatic heterocycles. The van der Waals surface area contributed by atoms with Crippen molar-refractivity contribution in [2.24, 2.45) is 11.8 Å². The highest BCUT2D eigenvalue weighted by atomic mass is 35.5. The van der Waals surface area contributed by atoms with Crippen molar-refractivity contribution in [3.63, 3.8) is 0 Å². The van der Waals surface area contributed by atoms with E-state index in [1.807, 2.05) is 0 Å². The molecule has 1 saturated heterocycles. The maximum atomic E-state index is 12.1. The van der Waals surface area contributed by atoms with Crippen LogP contribution in [0.15, 0.2) is 0 Å². The SMILES string of the molecule is CCCC1CCC(NC(=O)C2CCCNC2)CC1.Cl. The summed E-state index contributed by atoms with van der Waals surface area (Å²) in [6.45, 7) is 4.22. The zero-order valence-corrected chi connectivity index (χ0v) is 12.9. The van der Waals surface area contributed by atoms with Crippen LogP contribution in [-0.2, 0) is 4.79 Å². The molecule has 2 rings (SSSR count). The monoisotopic (exact) mass is 288 g/mol. The number of hydrogen-bond acceptors (Lipinski definition) is 2. The molecule has 0 bridgehead atoms. The predicted octanol–water partition coefficient (Wildman–Crippen LogP) is 2.88. The van der Waals surface area contributed by atoms with Crippen molar-refractivity contribution >= 4 is 18.3 Å². The van der Waals surface area contributed by atoms with E-state index in [2.05, 4.69) is 17.6 Å². The number of carbonyl (C=O) groups excluding carboxylic acids is 1. The number of piperidine rings is 1. The molecule has 0 radical (unpaired) electrons. The Kier molecular flexibility index (Phi) is 7.77. The molecule has 0 aromatic carbocycles. The van der Waals surface area contributed by atoms with Crippen LogP contribution in [0.3, 0.4) is 0 Å². The summed E-state index contributed by atoms with van der Waals surface area (Å²) in [6.07, 6.45) is 9.87. The molecule has 2 fully saturated rings. The van der Waals surface area contributed by atoms with Gasteiger partial charge in [0.1, 0.15) is 0 Å². The van der Waals surface area contributed by atoms with Crippen molar-refractivity contribution in [2.75, 3.05) is 13.1 Å². The number of halogens is 1. The van der Waals surface area contributed by atoms with E-state index in [-0.39, 0.29) is 18.3 Å². The molecule has 0 spiro atoms. The summed E-state index contributed by atoms with van der Waals surface area (Å²) >= 11 is 0. The Hall–Kier alpha value is -0.280. The van der Waals surface area contributed by atoms with Crippen LogP contribution >= 0.6 is 12.4 Å². The fourth-order valence-electron chi connectivity index (χ4n) is 3.40. The van der Waals surface area contributed by atoms with Crippen LogP contribution in [0.4, 0.5) is 0 Å². The van der Waals surface area contributed by atoms with Gasteiger partial charge in [0.25, 0.3) is 0 Å². The van der Waals surface area contributed by atoms with Gasteiger partial charge in [-0.1, -0.05) is 19.8 Å². The van der Waals surface area contributed by atoms with E-state index in [0.717, 1.165) is 31.8 Å². The lowest BCUT2D eigenvalue weighted by molar-refractivity contribution is -0.126. The van der Waals surface area contributed by atoms with Crippen LogP contribution in [0, 0.1) is 11.8 Å². The largest absolute Gasteiger partial charge is 0.353 e. The van der Waals surface area contributed by atoms with E-state index >= 15 is 0 Å². The average Bonchev–Trinajstić information content (AvgIpc) is 2.42. The Bertz CT molecular complexity index is 259. The molecule has 3 nitrogen and oxygen atoms in total. The van der Waals surface area contributed by atoms with E-state index in [4.69, 9.17) is 0 Å². The van der Waals surface area contributed by atoms with Crippen LogP contribution in [0.25, 0.3) is 0 Å². The van der Waals surface area contributed by atoms with Crippen LogP contribution in [0.2, 0.25) is 0 Å². The number of amides is 1. The van der Waals surface area contributed by atoms with Crippen molar-refractivity contribution in [3.8, 4) is 0 Å². The van der Waals surface area contributed by atoms with Crippen molar-refractivity contribution in [3.05, 3.63) is 0 Å². The lowest BCUT2D eigenvalue weighted by Crippen LogP contribution is -2.45. The van der Waals surface area contributed by atoms with Gasteiger partial charge < -0.3 is 10.6 Å². The Morgan fingerprint density at radius 2 is 1.95 bits per heavy atom. The smallest absolute Gasteiger partial charge is 0.224 e. The second kappa shape index (κ2) is 8.80. The highest BCUT2D eigenvalue weighted by Crippen LogP contribution is 2.28. The Morgan fingerprint density at radius 3 is 2.53 bits per heavy atom. The maximum Gasteiger partial charge on any atom is 0.224 e. The topological polar surface area (TPSA) is 41.1 Å². The van der Waals surface area contributed by atoms with Crippen molar-refractivity contribution in [1.29, 1.82) is 0 Å². The molecule has 1 aliphatic carbocycles. The van der Waals surface area contributed by atoms with Gasteiger partial charge in [0, 0.05) is 12.6 Å². The van der Waals surface area contributed by atoms with Gasteiger partial charge in [-0.25, -0.2) is 0 Å². The van der Waals surface area contributed by atoms with Crippen LogP contribution in [0.5, 0.6) is 0 Å². The summed E-state index contributed by atoms with van der Waals surface area (Å²) < 4.78 is 0. The molecule has 1 saturated carbocycles. The summed E-state index contributed by atoms with van der Waals surface area (Å²) in [4.78, 5) is 12.1. The average molecular weight is 289 g/mol. The molecular formula is C15H29ClN2O. The quantitative estimate of drug-likeness (QED) is 0.835. The second-order valence-electron chi connectivity index (χ2n) is 6.06. The van der Waals surface area contributed by atoms with Gasteiger partial charge in [-0.05, 0) is 51.0 Å². The van der Waals surface area contributed by atoms with Crippen molar-refractivity contribution < 1.29 is 4.79 Å². The van der Waals surface area contributed by atoms with E-state index in [1.165, 1.54) is 38.5 Å². The summed E-state index contributed by atoms with van der Waals surface area (Å²) in [5.41, 5.74) is 0. The van der Waals surface area contributed by atoms with E-state index in [9.17, 15) is 4.79 Å². The summed E-state index contributed by atoms with van der Waals surface area (Å²) in [5, 5.41) is 6.59. The van der Waals surface area contributed by atoms with Crippen LogP contribution < -0.4 is 10.6 Å². The van der Waals surface area contributed by atoms with Gasteiger partial charge in [0.05, 0.1) is 5.92 Å². The van der Waals surface area contributed by atoms with Crippen molar-refractivity contribution in [2.45, 2.75) is 64.3 Å². The summed E-state index contributed by atoms with van der Waals surface area (Å²) in [6, 6.07) is 0.451. The number of hydrogen-bond donors (Lipinski definition) is 2.